The van der Waals surface area contributed by atoms with Crippen LogP contribution in [0.15, 0.2) is 58.2 Å². The number of rotatable bonds is 8. The van der Waals surface area contributed by atoms with E-state index in [1.54, 1.807) is 25.1 Å². The van der Waals surface area contributed by atoms with Crippen molar-refractivity contribution in [2.24, 2.45) is 0 Å². The molecule has 28 heavy (non-hydrogen) atoms. The fourth-order valence-corrected chi connectivity index (χ4v) is 2.82. The van der Waals surface area contributed by atoms with E-state index in [9.17, 15) is 13.6 Å². The molecule has 0 unspecified atom stereocenters. The Morgan fingerprint density at radius 2 is 1.93 bits per heavy atom. The number of amides is 1. The normalized spacial score (nSPS) is 11.8. The van der Waals surface area contributed by atoms with Crippen molar-refractivity contribution in [3.63, 3.8) is 0 Å². The topological polar surface area (TPSA) is 77.2 Å². The molecular weight excluding hydrogens is 388 g/mol. The van der Waals surface area contributed by atoms with E-state index in [0.717, 1.165) is 11.8 Å². The van der Waals surface area contributed by atoms with Crippen LogP contribution in [0.1, 0.15) is 24.5 Å². The van der Waals surface area contributed by atoms with Crippen LogP contribution >= 0.6 is 11.8 Å². The molecule has 0 saturated heterocycles. The minimum atomic E-state index is -0.540. The first-order chi connectivity index (χ1) is 13.5. The molecule has 0 radical (unpaired) electrons. The fourth-order valence-electron chi connectivity index (χ4n) is 2.22. The molecule has 146 valence electrons. The maximum Gasteiger partial charge on any atom is 0.277 e. The lowest BCUT2D eigenvalue weighted by atomic mass is 10.2. The summed E-state index contributed by atoms with van der Waals surface area (Å²) in [6.45, 7) is 1.82. The number of benzene rings is 2. The molecule has 0 aliphatic carbocycles. The van der Waals surface area contributed by atoms with E-state index in [4.69, 9.17) is 9.15 Å². The molecule has 0 aliphatic rings. The summed E-state index contributed by atoms with van der Waals surface area (Å²) in [7, 11) is 0. The van der Waals surface area contributed by atoms with Crippen molar-refractivity contribution in [3.05, 3.63) is 71.6 Å². The first-order valence-corrected chi connectivity index (χ1v) is 9.38. The van der Waals surface area contributed by atoms with E-state index in [-0.39, 0.29) is 41.0 Å². The molecule has 0 saturated carbocycles. The third-order valence-corrected chi connectivity index (χ3v) is 4.48. The maximum atomic E-state index is 13.5. The maximum absolute atomic E-state index is 13.5. The van der Waals surface area contributed by atoms with Crippen molar-refractivity contribution in [2.45, 2.75) is 24.8 Å². The average Bonchev–Trinajstić information content (AvgIpc) is 3.17. The van der Waals surface area contributed by atoms with Gasteiger partial charge < -0.3 is 14.5 Å². The van der Waals surface area contributed by atoms with Gasteiger partial charge in [0.15, 0.2) is 6.10 Å². The van der Waals surface area contributed by atoms with Gasteiger partial charge in [-0.1, -0.05) is 30.0 Å². The Hall–Kier alpha value is -2.94. The van der Waals surface area contributed by atoms with Crippen LogP contribution in [0.25, 0.3) is 0 Å². The predicted molar refractivity (Wildman–Crippen MR) is 98.7 cm³/mol. The molecule has 0 bridgehead atoms. The van der Waals surface area contributed by atoms with Gasteiger partial charge >= 0.3 is 0 Å². The molecule has 1 amide bonds. The number of nitrogens with one attached hydrogen (secondary N) is 1. The zero-order valence-electron chi connectivity index (χ0n) is 14.9. The SMILES string of the molecule is C[C@@H](Oc1ccc(F)cc1)c1nnc(SCC(=O)NCc2ccccc2F)o1. The number of halogens is 2. The third kappa shape index (κ3) is 5.53. The van der Waals surface area contributed by atoms with Crippen LogP contribution in [0.4, 0.5) is 8.78 Å². The lowest BCUT2D eigenvalue weighted by Crippen LogP contribution is -2.25. The predicted octanol–water partition coefficient (Wildman–Crippen LogP) is 3.90. The van der Waals surface area contributed by atoms with Crippen LogP contribution in [-0.4, -0.2) is 21.9 Å². The average molecular weight is 405 g/mol. The molecule has 1 atom stereocenters. The molecule has 0 fully saturated rings. The Bertz CT molecular complexity index is 934. The molecule has 1 heterocycles. The first-order valence-electron chi connectivity index (χ1n) is 8.40. The van der Waals surface area contributed by atoms with Gasteiger partial charge in [0.1, 0.15) is 17.4 Å². The van der Waals surface area contributed by atoms with Gasteiger partial charge in [-0.05, 0) is 37.3 Å². The largest absolute Gasteiger partial charge is 0.481 e. The summed E-state index contributed by atoms with van der Waals surface area (Å²) >= 11 is 1.06. The summed E-state index contributed by atoms with van der Waals surface area (Å²) in [5, 5.41) is 10.6. The van der Waals surface area contributed by atoms with E-state index in [0.29, 0.717) is 11.3 Å². The number of ether oxygens (including phenoxy) is 1. The zero-order valence-corrected chi connectivity index (χ0v) is 15.7. The van der Waals surface area contributed by atoms with Crippen LogP contribution in [0.3, 0.4) is 0 Å². The monoisotopic (exact) mass is 405 g/mol. The quantitative estimate of drug-likeness (QED) is 0.573. The molecule has 6 nitrogen and oxygen atoms in total. The van der Waals surface area contributed by atoms with Crippen molar-refractivity contribution >= 4 is 17.7 Å². The standard InChI is InChI=1S/C19H17F2N3O3S/c1-12(26-15-8-6-14(20)7-9-15)18-23-24-19(27-18)28-11-17(25)22-10-13-4-2-3-5-16(13)21/h2-9,12H,10-11H2,1H3,(H,22,25)/t12-/m1/s1. The Labute approximate surface area is 164 Å². The summed E-state index contributed by atoms with van der Waals surface area (Å²) in [5.74, 6) is -0.267. The number of carbonyl (C=O) groups excluding carboxylic acids is 1. The van der Waals surface area contributed by atoms with E-state index < -0.39 is 6.10 Å². The summed E-state index contributed by atoms with van der Waals surface area (Å²) in [6.07, 6.45) is -0.540. The Morgan fingerprint density at radius 1 is 1.18 bits per heavy atom. The zero-order chi connectivity index (χ0) is 19.9. The second-order valence-corrected chi connectivity index (χ2v) is 6.70. The van der Waals surface area contributed by atoms with Gasteiger partial charge in [-0.2, -0.15) is 0 Å². The minimum Gasteiger partial charge on any atom is -0.481 e. The second-order valence-electron chi connectivity index (χ2n) is 5.78. The van der Waals surface area contributed by atoms with E-state index in [1.165, 1.54) is 30.3 Å². The van der Waals surface area contributed by atoms with Gasteiger partial charge in [-0.15, -0.1) is 10.2 Å². The Kier molecular flexibility index (Phi) is 6.59. The van der Waals surface area contributed by atoms with Gasteiger partial charge in [-0.25, -0.2) is 8.78 Å². The van der Waals surface area contributed by atoms with E-state index >= 15 is 0 Å². The summed E-state index contributed by atoms with van der Waals surface area (Å²) in [5.41, 5.74) is 0.410. The number of hydrogen-bond donors (Lipinski definition) is 1. The van der Waals surface area contributed by atoms with Gasteiger partial charge in [0.25, 0.3) is 11.1 Å². The molecule has 9 heteroatoms. The molecule has 1 N–H and O–H groups in total. The Balaban J connectivity index is 1.46. The van der Waals surface area contributed by atoms with Crippen molar-refractivity contribution in [3.8, 4) is 5.75 Å². The van der Waals surface area contributed by atoms with E-state index in [2.05, 4.69) is 15.5 Å². The highest BCUT2D eigenvalue weighted by Crippen LogP contribution is 2.24. The fraction of sp³-hybridized carbons (Fsp3) is 0.211. The lowest BCUT2D eigenvalue weighted by Gasteiger charge is -2.10. The second kappa shape index (κ2) is 9.32. The molecule has 0 aliphatic heterocycles. The molecule has 0 spiro atoms. The number of aromatic nitrogens is 2. The number of carbonyl (C=O) groups is 1. The Morgan fingerprint density at radius 3 is 2.68 bits per heavy atom. The van der Waals surface area contributed by atoms with Crippen molar-refractivity contribution in [1.29, 1.82) is 0 Å². The number of hydrogen-bond acceptors (Lipinski definition) is 6. The summed E-state index contributed by atoms with van der Waals surface area (Å²) < 4.78 is 37.5. The molecule has 2 aromatic carbocycles. The van der Waals surface area contributed by atoms with Crippen LogP contribution in [-0.2, 0) is 11.3 Å². The minimum absolute atomic E-state index is 0.0449. The van der Waals surface area contributed by atoms with Gasteiger partial charge in [0.05, 0.1) is 5.75 Å². The van der Waals surface area contributed by atoms with Crippen molar-refractivity contribution in [2.75, 3.05) is 5.75 Å². The molecular formula is C19H17F2N3O3S. The molecule has 3 rings (SSSR count). The highest BCUT2D eigenvalue weighted by molar-refractivity contribution is 7.99. The third-order valence-electron chi connectivity index (χ3n) is 3.66. The first kappa shape index (κ1) is 19.8. The molecule has 3 aromatic rings. The number of thioether (sulfide) groups is 1. The van der Waals surface area contributed by atoms with Crippen LogP contribution in [0, 0.1) is 11.6 Å². The van der Waals surface area contributed by atoms with Crippen molar-refractivity contribution < 1.29 is 22.7 Å². The summed E-state index contributed by atoms with van der Waals surface area (Å²) in [6, 6.07) is 11.8. The number of nitrogens with zero attached hydrogens (tertiary/aromatic N) is 2. The van der Waals surface area contributed by atoms with Gasteiger partial charge in [0, 0.05) is 12.1 Å². The molecule has 1 aromatic heterocycles. The summed E-state index contributed by atoms with van der Waals surface area (Å²) in [4.78, 5) is 11.9. The smallest absolute Gasteiger partial charge is 0.277 e. The lowest BCUT2D eigenvalue weighted by molar-refractivity contribution is -0.118. The van der Waals surface area contributed by atoms with Crippen molar-refractivity contribution in [1.82, 2.24) is 15.5 Å². The van der Waals surface area contributed by atoms with Crippen LogP contribution in [0.2, 0.25) is 0 Å². The highest BCUT2D eigenvalue weighted by Gasteiger charge is 2.17. The van der Waals surface area contributed by atoms with Gasteiger partial charge in [0.2, 0.25) is 5.91 Å². The van der Waals surface area contributed by atoms with Crippen LogP contribution in [0.5, 0.6) is 5.75 Å². The van der Waals surface area contributed by atoms with Gasteiger partial charge in [-0.3, -0.25) is 4.79 Å². The van der Waals surface area contributed by atoms with Crippen LogP contribution < -0.4 is 10.1 Å². The highest BCUT2D eigenvalue weighted by atomic mass is 32.2. The van der Waals surface area contributed by atoms with E-state index in [1.807, 2.05) is 0 Å².